The van der Waals surface area contributed by atoms with Gasteiger partial charge < -0.3 is 14.2 Å². The van der Waals surface area contributed by atoms with Gasteiger partial charge in [0.25, 0.3) is 5.91 Å². The Kier molecular flexibility index (Phi) is 7.79. The summed E-state index contributed by atoms with van der Waals surface area (Å²) in [5, 5.41) is 0.546. The van der Waals surface area contributed by atoms with Gasteiger partial charge in [0.05, 0.1) is 17.0 Å². The van der Waals surface area contributed by atoms with E-state index in [1.54, 1.807) is 43.5 Å². The summed E-state index contributed by atoms with van der Waals surface area (Å²) in [6, 6.07) is 12.7. The van der Waals surface area contributed by atoms with Crippen LogP contribution in [0.5, 0.6) is 17.2 Å². The van der Waals surface area contributed by atoms with Crippen molar-refractivity contribution in [2.75, 3.05) is 26.9 Å². The first-order chi connectivity index (χ1) is 14.5. The molecule has 1 heterocycles. The van der Waals surface area contributed by atoms with Crippen molar-refractivity contribution < 1.29 is 19.0 Å². The lowest BCUT2D eigenvalue weighted by molar-refractivity contribution is -0.121. The molecule has 0 radical (unpaired) electrons. The average molecular weight is 462 g/mol. The number of rotatable bonds is 9. The zero-order valence-electron chi connectivity index (χ0n) is 16.3. The molecule has 0 unspecified atom stereocenters. The molecule has 0 atom stereocenters. The van der Waals surface area contributed by atoms with E-state index in [-0.39, 0.29) is 5.91 Å². The van der Waals surface area contributed by atoms with E-state index in [4.69, 9.17) is 38.0 Å². The van der Waals surface area contributed by atoms with Crippen LogP contribution in [0.15, 0.2) is 60.0 Å². The zero-order chi connectivity index (χ0) is 21.5. The fraction of sp³-hybridized carbons (Fsp3) is 0.182. The normalized spacial score (nSPS) is 14.9. The van der Waals surface area contributed by atoms with Crippen LogP contribution in [0.3, 0.4) is 0 Å². The molecular formula is C22H20ClNO4S2. The third-order valence-electron chi connectivity index (χ3n) is 4.12. The van der Waals surface area contributed by atoms with Crippen molar-refractivity contribution in [1.29, 1.82) is 0 Å². The number of benzene rings is 2. The quantitative estimate of drug-likeness (QED) is 0.221. The van der Waals surface area contributed by atoms with Crippen molar-refractivity contribution in [3.8, 4) is 17.2 Å². The number of halogens is 1. The minimum atomic E-state index is -0.152. The molecule has 30 heavy (non-hydrogen) atoms. The molecule has 1 aliphatic rings. The van der Waals surface area contributed by atoms with Crippen LogP contribution >= 0.6 is 35.6 Å². The number of para-hydroxylation sites is 1. The molecule has 1 amide bonds. The molecule has 0 aliphatic carbocycles. The van der Waals surface area contributed by atoms with E-state index in [1.165, 1.54) is 16.7 Å². The predicted molar refractivity (Wildman–Crippen MR) is 126 cm³/mol. The first-order valence-corrected chi connectivity index (χ1v) is 10.7. The summed E-state index contributed by atoms with van der Waals surface area (Å²) in [5.41, 5.74) is 0.714. The maximum absolute atomic E-state index is 12.6. The van der Waals surface area contributed by atoms with E-state index in [2.05, 4.69) is 6.58 Å². The Morgan fingerprint density at radius 3 is 2.60 bits per heavy atom. The maximum Gasteiger partial charge on any atom is 0.266 e. The number of nitrogens with zero attached hydrogens (tertiary/aromatic N) is 1. The number of thioether (sulfide) groups is 1. The highest BCUT2D eigenvalue weighted by Gasteiger charge is 2.31. The Labute approximate surface area is 190 Å². The van der Waals surface area contributed by atoms with Crippen molar-refractivity contribution >= 4 is 51.9 Å². The fourth-order valence-electron chi connectivity index (χ4n) is 2.69. The molecule has 0 saturated carbocycles. The van der Waals surface area contributed by atoms with Crippen molar-refractivity contribution in [2.24, 2.45) is 0 Å². The van der Waals surface area contributed by atoms with Crippen LogP contribution in [-0.4, -0.2) is 42.0 Å². The zero-order valence-corrected chi connectivity index (χ0v) is 18.7. The number of ether oxygens (including phenoxy) is 3. The monoisotopic (exact) mass is 461 g/mol. The minimum Gasteiger partial charge on any atom is -0.497 e. The molecular weight excluding hydrogens is 442 g/mol. The molecule has 2 aromatic carbocycles. The number of thiocarbonyl (C=S) groups is 1. The molecule has 0 bridgehead atoms. The molecule has 0 aromatic heterocycles. The van der Waals surface area contributed by atoms with Crippen molar-refractivity contribution in [2.45, 2.75) is 0 Å². The number of methoxy groups -OCH3 is 1. The fourth-order valence-corrected chi connectivity index (χ4v) is 4.15. The summed E-state index contributed by atoms with van der Waals surface area (Å²) in [6.07, 6.45) is 3.40. The lowest BCUT2D eigenvalue weighted by Gasteiger charge is -2.13. The van der Waals surface area contributed by atoms with Gasteiger partial charge in [0, 0.05) is 12.1 Å². The van der Waals surface area contributed by atoms with Crippen LogP contribution in [0, 0.1) is 0 Å². The van der Waals surface area contributed by atoms with Gasteiger partial charge in [0.15, 0.2) is 0 Å². The number of carbonyl (C=O) groups is 1. The van der Waals surface area contributed by atoms with E-state index in [9.17, 15) is 4.79 Å². The van der Waals surface area contributed by atoms with E-state index >= 15 is 0 Å². The molecule has 5 nitrogen and oxygen atoms in total. The molecule has 156 valence electrons. The topological polar surface area (TPSA) is 48.0 Å². The van der Waals surface area contributed by atoms with Gasteiger partial charge in [-0.2, -0.15) is 0 Å². The highest BCUT2D eigenvalue weighted by molar-refractivity contribution is 8.26. The number of hydrogen-bond acceptors (Lipinski definition) is 6. The Hall–Kier alpha value is -2.48. The van der Waals surface area contributed by atoms with Gasteiger partial charge >= 0.3 is 0 Å². The van der Waals surface area contributed by atoms with Crippen molar-refractivity contribution in [1.82, 2.24) is 4.90 Å². The van der Waals surface area contributed by atoms with Crippen LogP contribution < -0.4 is 14.2 Å². The summed E-state index contributed by atoms with van der Waals surface area (Å²) in [6.45, 7) is 4.66. The SMILES string of the molecule is C=CCN1C(=O)C(=Cc2cc(OC)ccc2OCCOc2ccccc2Cl)SC1=S. The standard InChI is InChI=1S/C22H20ClNO4S2/c1-3-10-24-21(25)20(30-22(24)29)14-15-13-16(26-2)8-9-18(15)27-11-12-28-19-7-5-4-6-17(19)23/h3-9,13-14H,1,10-12H2,2H3. The van der Waals surface area contributed by atoms with Crippen molar-refractivity contribution in [3.05, 3.63) is 70.6 Å². The van der Waals surface area contributed by atoms with Gasteiger partial charge in [-0.1, -0.05) is 53.8 Å². The van der Waals surface area contributed by atoms with Crippen molar-refractivity contribution in [3.63, 3.8) is 0 Å². The Morgan fingerprint density at radius 2 is 1.90 bits per heavy atom. The van der Waals surface area contributed by atoms with Crippen LogP contribution in [-0.2, 0) is 4.79 Å². The predicted octanol–water partition coefficient (Wildman–Crippen LogP) is 5.19. The van der Waals surface area contributed by atoms with E-state index in [0.717, 1.165) is 0 Å². The van der Waals surface area contributed by atoms with E-state index < -0.39 is 0 Å². The van der Waals surface area contributed by atoms with Gasteiger partial charge in [-0.05, 0) is 36.4 Å². The average Bonchev–Trinajstić information content (AvgIpc) is 3.01. The van der Waals surface area contributed by atoms with Crippen LogP contribution in [0.1, 0.15) is 5.56 Å². The van der Waals surface area contributed by atoms with E-state index in [0.29, 0.717) is 56.8 Å². The summed E-state index contributed by atoms with van der Waals surface area (Å²) >= 11 is 12.6. The number of amides is 1. The highest BCUT2D eigenvalue weighted by atomic mass is 35.5. The minimum absolute atomic E-state index is 0.152. The third-order valence-corrected chi connectivity index (χ3v) is 5.81. The summed E-state index contributed by atoms with van der Waals surface area (Å²) in [7, 11) is 1.58. The molecule has 0 spiro atoms. The van der Waals surface area contributed by atoms with Gasteiger partial charge in [-0.25, -0.2) is 0 Å². The number of carbonyl (C=O) groups excluding carboxylic acids is 1. The molecule has 0 N–H and O–H groups in total. The van der Waals surface area contributed by atoms with Crippen LogP contribution in [0.25, 0.3) is 6.08 Å². The third kappa shape index (κ3) is 5.36. The second-order valence-electron chi connectivity index (χ2n) is 6.11. The van der Waals surface area contributed by atoms with Crippen LogP contribution in [0.4, 0.5) is 0 Å². The molecule has 3 rings (SSSR count). The Balaban J connectivity index is 1.73. The lowest BCUT2D eigenvalue weighted by atomic mass is 10.1. The molecule has 2 aromatic rings. The van der Waals surface area contributed by atoms with Gasteiger partial charge in [0.1, 0.15) is 34.8 Å². The largest absolute Gasteiger partial charge is 0.497 e. The molecule has 1 fully saturated rings. The maximum atomic E-state index is 12.6. The van der Waals surface area contributed by atoms with Gasteiger partial charge in [-0.15, -0.1) is 6.58 Å². The molecule has 8 heteroatoms. The smallest absolute Gasteiger partial charge is 0.266 e. The van der Waals surface area contributed by atoms with Gasteiger partial charge in [-0.3, -0.25) is 9.69 Å². The Morgan fingerprint density at radius 1 is 1.17 bits per heavy atom. The molecule has 1 aliphatic heterocycles. The second-order valence-corrected chi connectivity index (χ2v) is 8.20. The first-order valence-electron chi connectivity index (χ1n) is 9.08. The second kappa shape index (κ2) is 10.5. The molecule has 1 saturated heterocycles. The number of hydrogen-bond donors (Lipinski definition) is 0. The summed E-state index contributed by atoms with van der Waals surface area (Å²) in [4.78, 5) is 14.7. The Bertz CT molecular complexity index is 993. The van der Waals surface area contributed by atoms with Gasteiger partial charge in [0.2, 0.25) is 0 Å². The van der Waals surface area contributed by atoms with Crippen LogP contribution in [0.2, 0.25) is 5.02 Å². The lowest BCUT2D eigenvalue weighted by Crippen LogP contribution is -2.27. The first kappa shape index (κ1) is 22.2. The summed E-state index contributed by atoms with van der Waals surface area (Å²) < 4.78 is 17.4. The van der Waals surface area contributed by atoms with E-state index in [1.807, 2.05) is 18.2 Å². The summed E-state index contributed by atoms with van der Waals surface area (Å²) in [5.74, 6) is 1.71. The highest BCUT2D eigenvalue weighted by Crippen LogP contribution is 2.35.